The van der Waals surface area contributed by atoms with Gasteiger partial charge in [0.2, 0.25) is 0 Å². The van der Waals surface area contributed by atoms with Crippen molar-refractivity contribution in [1.29, 1.82) is 0 Å². The van der Waals surface area contributed by atoms with Gasteiger partial charge in [-0.05, 0) is 77.0 Å². The van der Waals surface area contributed by atoms with Crippen LogP contribution in [0.3, 0.4) is 0 Å². The maximum atomic E-state index is 11.6. The predicted octanol–water partition coefficient (Wildman–Crippen LogP) is 15.9. The van der Waals surface area contributed by atoms with Crippen molar-refractivity contribution in [2.24, 2.45) is 21.7 Å². The summed E-state index contributed by atoms with van der Waals surface area (Å²) in [5.74, 6) is -3.22. The van der Waals surface area contributed by atoms with E-state index in [-0.39, 0.29) is 23.9 Å². The Morgan fingerprint density at radius 1 is 0.205 bits per heavy atom. The Hall–Kier alpha value is -1.32. The van der Waals surface area contributed by atoms with Crippen LogP contribution in [0.5, 0.6) is 0 Å². The Labute approximate surface area is 472 Å². The molecule has 0 radical (unpaired) electrons. The average Bonchev–Trinajstić information content (AvgIpc) is 3.37. The number of aliphatic carboxylic acids is 4. The third-order valence-electron chi connectivity index (χ3n) is 15.8. The van der Waals surface area contributed by atoms with Crippen molar-refractivity contribution in [1.82, 2.24) is 0 Å². The predicted molar refractivity (Wildman–Crippen MR) is 307 cm³/mol. The van der Waals surface area contributed by atoms with E-state index in [4.69, 9.17) is 0 Å². The van der Waals surface area contributed by atoms with E-state index < -0.39 is 45.5 Å². The van der Waals surface area contributed by atoms with Gasteiger partial charge < -0.3 is 39.6 Å². The first-order valence-corrected chi connectivity index (χ1v) is 31.4. The molecule has 0 rings (SSSR count). The van der Waals surface area contributed by atoms with E-state index in [1.165, 1.54) is 51.4 Å². The molecule has 0 N–H and O–H groups in total. The number of carboxylic acid groups (broad SMARTS) is 4. The number of rotatable bonds is 48. The van der Waals surface area contributed by atoms with Gasteiger partial charge in [-0.2, -0.15) is 0 Å². The van der Waals surface area contributed by atoms with Crippen LogP contribution in [0.25, 0.3) is 0 Å². The second-order valence-electron chi connectivity index (χ2n) is 22.3. The Morgan fingerprint density at radius 3 is 0.411 bits per heavy atom. The van der Waals surface area contributed by atoms with Crippen LogP contribution in [0.2, 0.25) is 0 Å². The Bertz CT molecular complexity index is 1000. The van der Waals surface area contributed by atoms with E-state index in [0.29, 0.717) is 0 Å². The molecule has 0 fully saturated rings. The molecule has 0 aromatic rings. The summed E-state index contributed by atoms with van der Waals surface area (Å²) in [7, 11) is 0. The summed E-state index contributed by atoms with van der Waals surface area (Å²) in [6.45, 7) is 25.7. The largest absolute Gasteiger partial charge is 4.00 e. The van der Waals surface area contributed by atoms with Crippen molar-refractivity contribution < 1.29 is 39.6 Å². The van der Waals surface area contributed by atoms with Crippen molar-refractivity contribution in [3.8, 4) is 0 Å². The van der Waals surface area contributed by atoms with Crippen molar-refractivity contribution >= 4 is 47.8 Å². The fraction of sp³-hybridized carbons (Fsp3) is 0.938. The molecule has 73 heavy (non-hydrogen) atoms. The van der Waals surface area contributed by atoms with E-state index in [2.05, 4.69) is 83.1 Å². The number of carbonyl (C=O) groups is 4. The molecule has 0 saturated heterocycles. The molecule has 0 bridgehead atoms. The van der Waals surface area contributed by atoms with Crippen LogP contribution in [0.15, 0.2) is 0 Å². The molecule has 0 unspecified atom stereocenters. The van der Waals surface area contributed by atoms with Crippen molar-refractivity contribution in [2.45, 2.75) is 366 Å². The number of carboxylic acids is 4. The third kappa shape index (κ3) is 40.5. The van der Waals surface area contributed by atoms with E-state index >= 15 is 0 Å². The molecule has 0 aliphatic carbocycles. The summed E-state index contributed by atoms with van der Waals surface area (Å²) in [4.78, 5) is 46.3. The standard InChI is InChI=1S/4C16H32O2.Sn/c4*1-4-7-10-11-14-16(15(17)18,12-8-5-2)13-9-6-3;/h4*4-14H2,1-3H3,(H,17,18);/q;;;;+4/p-4. The number of carbonyl (C=O) groups excluding carboxylic acids is 4. The van der Waals surface area contributed by atoms with Gasteiger partial charge in [0.25, 0.3) is 0 Å². The summed E-state index contributed by atoms with van der Waals surface area (Å²) in [6.07, 6.45) is 44.7. The van der Waals surface area contributed by atoms with Crippen LogP contribution in [-0.4, -0.2) is 47.8 Å². The monoisotopic (exact) mass is 1140 g/mol. The molecule has 0 atom stereocenters. The quantitative estimate of drug-likeness (QED) is 0.0430. The normalized spacial score (nSPS) is 11.6. The van der Waals surface area contributed by atoms with E-state index in [1.807, 2.05) is 0 Å². The first kappa shape index (κ1) is 80.5. The van der Waals surface area contributed by atoms with Crippen LogP contribution in [0.1, 0.15) is 366 Å². The molecule has 0 aromatic carbocycles. The summed E-state index contributed by atoms with van der Waals surface area (Å²) < 4.78 is 0. The van der Waals surface area contributed by atoms with Crippen molar-refractivity contribution in [2.75, 3.05) is 0 Å². The van der Waals surface area contributed by atoms with Gasteiger partial charge in [0, 0.05) is 45.5 Å². The van der Waals surface area contributed by atoms with Gasteiger partial charge in [-0.15, -0.1) is 0 Å². The van der Waals surface area contributed by atoms with E-state index in [9.17, 15) is 39.6 Å². The van der Waals surface area contributed by atoms with Gasteiger partial charge >= 0.3 is 23.9 Å². The van der Waals surface area contributed by atoms with Crippen LogP contribution in [-0.2, 0) is 19.2 Å². The third-order valence-corrected chi connectivity index (χ3v) is 15.8. The zero-order valence-corrected chi connectivity index (χ0v) is 53.7. The molecule has 0 heterocycles. The molecule has 0 amide bonds. The summed E-state index contributed by atoms with van der Waals surface area (Å²) in [5.41, 5.74) is -2.17. The Balaban J connectivity index is -0.000000280. The molecule has 8 nitrogen and oxygen atoms in total. The molecule has 0 saturated carbocycles. The maximum absolute atomic E-state index is 11.6. The van der Waals surface area contributed by atoms with Crippen LogP contribution < -0.4 is 20.4 Å². The van der Waals surface area contributed by atoms with Gasteiger partial charge in [-0.1, -0.05) is 289 Å². The Morgan fingerprint density at radius 2 is 0.315 bits per heavy atom. The van der Waals surface area contributed by atoms with Gasteiger partial charge in [-0.3, -0.25) is 0 Å². The fourth-order valence-corrected chi connectivity index (χ4v) is 10.4. The second kappa shape index (κ2) is 55.4. The molecule has 0 aliphatic heterocycles. The summed E-state index contributed by atoms with van der Waals surface area (Å²) in [6, 6.07) is 0. The molecule has 0 aromatic heterocycles. The number of hydrogen-bond acceptors (Lipinski definition) is 8. The minimum atomic E-state index is -0.805. The molecular formula is C64H124O8Sn. The van der Waals surface area contributed by atoms with Crippen LogP contribution >= 0.6 is 0 Å². The molecule has 9 heteroatoms. The van der Waals surface area contributed by atoms with Crippen molar-refractivity contribution in [3.05, 3.63) is 0 Å². The van der Waals surface area contributed by atoms with E-state index in [1.54, 1.807) is 0 Å². The SMILES string of the molecule is CCCCCCC(CCCC)(CCCC)C(=O)[O-].CCCCCCC(CCCC)(CCCC)C(=O)[O-].CCCCCCC(CCCC)(CCCC)C(=O)[O-].CCCCCCC(CCCC)(CCCC)C(=O)[O-].[Sn+4]. The minimum Gasteiger partial charge on any atom is -0.550 e. The van der Waals surface area contributed by atoms with Gasteiger partial charge in [0.15, 0.2) is 0 Å². The summed E-state index contributed by atoms with van der Waals surface area (Å²) in [5, 5.41) is 46.3. The minimum absolute atomic E-state index is 0. The Kier molecular flexibility index (Phi) is 61.2. The van der Waals surface area contributed by atoms with E-state index in [0.717, 1.165) is 231 Å². The molecule has 432 valence electrons. The van der Waals surface area contributed by atoms with Crippen molar-refractivity contribution in [3.63, 3.8) is 0 Å². The number of hydrogen-bond donors (Lipinski definition) is 0. The summed E-state index contributed by atoms with van der Waals surface area (Å²) >= 11 is 0. The molecule has 0 aliphatic rings. The second-order valence-corrected chi connectivity index (χ2v) is 22.3. The van der Waals surface area contributed by atoms with Crippen LogP contribution in [0, 0.1) is 21.7 Å². The zero-order valence-electron chi connectivity index (χ0n) is 50.9. The van der Waals surface area contributed by atoms with Crippen LogP contribution in [0.4, 0.5) is 0 Å². The molecule has 0 spiro atoms. The fourth-order valence-electron chi connectivity index (χ4n) is 10.4. The smallest absolute Gasteiger partial charge is 0.550 e. The zero-order chi connectivity index (χ0) is 55.4. The first-order valence-electron chi connectivity index (χ1n) is 31.4. The average molecular weight is 1140 g/mol. The number of unbranched alkanes of at least 4 members (excludes halogenated alkanes) is 20. The van der Waals surface area contributed by atoms with Gasteiger partial charge in [0.05, 0.1) is 0 Å². The topological polar surface area (TPSA) is 161 Å². The molecular weight excluding hydrogens is 1020 g/mol. The van der Waals surface area contributed by atoms with Gasteiger partial charge in [0.1, 0.15) is 0 Å². The maximum Gasteiger partial charge on any atom is 4.00 e. The first-order chi connectivity index (χ1) is 34.5. The van der Waals surface area contributed by atoms with Gasteiger partial charge in [-0.25, -0.2) is 0 Å².